The molecule has 0 bridgehead atoms. The minimum absolute atomic E-state index is 0.0367. The van der Waals surface area contributed by atoms with Crippen molar-refractivity contribution in [2.75, 3.05) is 18.0 Å². The zero-order valence-electron chi connectivity index (χ0n) is 15.7. The smallest absolute Gasteiger partial charge is 0.387 e. The van der Waals surface area contributed by atoms with E-state index in [4.69, 9.17) is 0 Å². The van der Waals surface area contributed by atoms with Crippen molar-refractivity contribution in [3.63, 3.8) is 0 Å². The third kappa shape index (κ3) is 3.82. The van der Waals surface area contributed by atoms with E-state index in [0.717, 1.165) is 41.1 Å². The highest BCUT2D eigenvalue weighted by molar-refractivity contribution is 7.89. The Morgan fingerprint density at radius 3 is 2.33 bits per heavy atom. The summed E-state index contributed by atoms with van der Waals surface area (Å²) in [5, 5.41) is 10.2. The second kappa shape index (κ2) is 7.36. The fraction of sp³-hybridized carbons (Fsp3) is 0.350. The monoisotopic (exact) mass is 440 g/mol. The van der Waals surface area contributed by atoms with Crippen LogP contribution in [0.2, 0.25) is 0 Å². The molecule has 6 nitrogen and oxygen atoms in total. The Morgan fingerprint density at radius 2 is 1.70 bits per heavy atom. The molecule has 0 saturated heterocycles. The van der Waals surface area contributed by atoms with Crippen LogP contribution in [-0.4, -0.2) is 32.5 Å². The lowest BCUT2D eigenvalue weighted by molar-refractivity contribution is -0.137. The van der Waals surface area contributed by atoms with Crippen molar-refractivity contribution in [3.8, 4) is 0 Å². The molecule has 0 aromatic heterocycles. The van der Waals surface area contributed by atoms with Crippen molar-refractivity contribution in [2.24, 2.45) is 0 Å². The summed E-state index contributed by atoms with van der Waals surface area (Å²) in [5.74, 6) is 0.0367. The summed E-state index contributed by atoms with van der Waals surface area (Å²) in [5.41, 5.74) is 1.72. The zero-order chi connectivity index (χ0) is 21.7. The van der Waals surface area contributed by atoms with Gasteiger partial charge in [-0.2, -0.15) is 13.2 Å². The van der Waals surface area contributed by atoms with E-state index in [0.29, 0.717) is 25.8 Å². The van der Waals surface area contributed by atoms with Gasteiger partial charge in [0.2, 0.25) is 15.9 Å². The molecule has 0 radical (unpaired) electrons. The summed E-state index contributed by atoms with van der Waals surface area (Å²) in [6.45, 7) is 0.148. The van der Waals surface area contributed by atoms with Crippen LogP contribution in [0, 0.1) is 0 Å². The van der Waals surface area contributed by atoms with Crippen LogP contribution in [0.5, 0.6) is 0 Å². The number of aryl methyl sites for hydroxylation is 1. The molecule has 2 aliphatic rings. The molecular weight excluding hydrogens is 421 g/mol. The van der Waals surface area contributed by atoms with Gasteiger partial charge in [-0.1, -0.05) is 12.1 Å². The summed E-state index contributed by atoms with van der Waals surface area (Å²) in [4.78, 5) is 13.7. The van der Waals surface area contributed by atoms with Crippen molar-refractivity contribution in [2.45, 2.75) is 36.4 Å². The summed E-state index contributed by atoms with van der Waals surface area (Å²) < 4.78 is 65.7. The molecule has 1 amide bonds. The molecule has 30 heavy (non-hydrogen) atoms. The maximum atomic E-state index is 12.7. The van der Waals surface area contributed by atoms with Gasteiger partial charge in [0, 0.05) is 19.5 Å². The number of benzene rings is 2. The van der Waals surface area contributed by atoms with Crippen molar-refractivity contribution >= 4 is 21.6 Å². The fourth-order valence-corrected chi connectivity index (χ4v) is 5.00. The molecule has 0 saturated carbocycles. The molecule has 0 fully saturated rings. The number of nitrogens with zero attached hydrogens (tertiary/aromatic N) is 1. The Kier molecular flexibility index (Phi) is 5.11. The van der Waals surface area contributed by atoms with Gasteiger partial charge >= 0.3 is 6.18 Å². The number of alkyl halides is 3. The second-order valence-corrected chi connectivity index (χ2v) is 9.14. The molecule has 0 unspecified atom stereocenters. The standard InChI is InChI=1S/C20H19F3N2O4S/c21-20(22,23)15-4-1-12(2-5-15)17(26)11-24-30(28,29)16-9-13-3-6-18(27)25-8-7-14(10-16)19(13)25/h1-2,4-5,9-10,17,24,26H,3,6-8,11H2/t17-/m0/s1. The van der Waals surface area contributed by atoms with Gasteiger partial charge in [0.05, 0.1) is 22.3 Å². The Morgan fingerprint density at radius 1 is 1.07 bits per heavy atom. The maximum Gasteiger partial charge on any atom is 0.416 e. The highest BCUT2D eigenvalue weighted by Crippen LogP contribution is 2.38. The van der Waals surface area contributed by atoms with Crippen LogP contribution in [0.3, 0.4) is 0 Å². The summed E-state index contributed by atoms with van der Waals surface area (Å²) in [7, 11) is -3.95. The number of aliphatic hydroxyl groups is 1. The second-order valence-electron chi connectivity index (χ2n) is 7.37. The lowest BCUT2D eigenvalue weighted by Gasteiger charge is -2.25. The number of carbonyl (C=O) groups excluding carboxylic acids is 1. The van der Waals surface area contributed by atoms with E-state index < -0.39 is 27.9 Å². The van der Waals surface area contributed by atoms with Gasteiger partial charge in [0.1, 0.15) is 0 Å². The zero-order valence-corrected chi connectivity index (χ0v) is 16.6. The average Bonchev–Trinajstić information content (AvgIpc) is 3.14. The molecule has 0 aliphatic carbocycles. The van der Waals surface area contributed by atoms with E-state index in [1.54, 1.807) is 4.90 Å². The first kappa shape index (κ1) is 20.8. The SMILES string of the molecule is O=C1CCc2cc(S(=O)(=O)NC[C@H](O)c3ccc(C(F)(F)F)cc3)cc3c2N1CC3. The molecule has 10 heteroatoms. The predicted octanol–water partition coefficient (Wildman–Crippen LogP) is 2.55. The highest BCUT2D eigenvalue weighted by Gasteiger charge is 2.33. The quantitative estimate of drug-likeness (QED) is 0.748. The molecule has 2 aliphatic heterocycles. The number of anilines is 1. The van der Waals surface area contributed by atoms with Gasteiger partial charge in [0.25, 0.3) is 0 Å². The summed E-state index contributed by atoms with van der Waals surface area (Å²) in [6, 6.07) is 6.98. The molecule has 2 heterocycles. The topological polar surface area (TPSA) is 86.7 Å². The Bertz CT molecular complexity index is 1100. The Labute approximate surface area is 171 Å². The predicted molar refractivity (Wildman–Crippen MR) is 102 cm³/mol. The molecule has 2 N–H and O–H groups in total. The third-order valence-electron chi connectivity index (χ3n) is 5.43. The van der Waals surface area contributed by atoms with Crippen LogP contribution in [-0.2, 0) is 33.8 Å². The maximum absolute atomic E-state index is 12.7. The van der Waals surface area contributed by atoms with Crippen molar-refractivity contribution < 1.29 is 31.5 Å². The number of hydrogen-bond donors (Lipinski definition) is 2. The first-order chi connectivity index (χ1) is 14.1. The number of carbonyl (C=O) groups is 1. The minimum atomic E-state index is -4.49. The van der Waals surface area contributed by atoms with Gasteiger partial charge in [-0.25, -0.2) is 13.1 Å². The Balaban J connectivity index is 1.50. The van der Waals surface area contributed by atoms with Gasteiger partial charge in [-0.15, -0.1) is 0 Å². The van der Waals surface area contributed by atoms with Crippen LogP contribution >= 0.6 is 0 Å². The number of rotatable bonds is 5. The molecule has 160 valence electrons. The Hall–Kier alpha value is -2.43. The van der Waals surface area contributed by atoms with Crippen molar-refractivity contribution in [1.82, 2.24) is 4.72 Å². The number of sulfonamides is 1. The first-order valence-corrected chi connectivity index (χ1v) is 10.9. The number of halogens is 3. The largest absolute Gasteiger partial charge is 0.416 e. The molecule has 2 aromatic carbocycles. The van der Waals surface area contributed by atoms with Gasteiger partial charge in [0.15, 0.2) is 0 Å². The summed E-state index contributed by atoms with van der Waals surface area (Å²) in [6.07, 6.45) is -4.42. The molecule has 2 aromatic rings. The minimum Gasteiger partial charge on any atom is -0.387 e. The van der Waals surface area contributed by atoms with E-state index in [1.165, 1.54) is 12.1 Å². The average molecular weight is 440 g/mol. The van der Waals surface area contributed by atoms with Crippen molar-refractivity contribution in [3.05, 3.63) is 58.7 Å². The summed E-state index contributed by atoms with van der Waals surface area (Å²) >= 11 is 0. The number of amides is 1. The van der Waals surface area contributed by atoms with E-state index >= 15 is 0 Å². The number of aliphatic hydroxyl groups excluding tert-OH is 1. The molecule has 4 rings (SSSR count). The van der Waals surface area contributed by atoms with Crippen LogP contribution in [0.4, 0.5) is 18.9 Å². The van der Waals surface area contributed by atoms with Gasteiger partial charge in [-0.05, 0) is 53.8 Å². The lowest BCUT2D eigenvalue weighted by atomic mass is 10.00. The van der Waals surface area contributed by atoms with E-state index in [9.17, 15) is 31.5 Å². The van der Waals surface area contributed by atoms with E-state index in [-0.39, 0.29) is 22.9 Å². The van der Waals surface area contributed by atoms with E-state index in [1.807, 2.05) is 0 Å². The first-order valence-electron chi connectivity index (χ1n) is 9.37. The van der Waals surface area contributed by atoms with Crippen LogP contribution in [0.25, 0.3) is 0 Å². The number of hydrogen-bond acceptors (Lipinski definition) is 4. The molecule has 1 atom stereocenters. The fourth-order valence-electron chi connectivity index (χ4n) is 3.87. The van der Waals surface area contributed by atoms with E-state index in [2.05, 4.69) is 4.72 Å². The van der Waals surface area contributed by atoms with Gasteiger partial charge in [-0.3, -0.25) is 4.79 Å². The normalized spacial score (nSPS) is 17.2. The highest BCUT2D eigenvalue weighted by atomic mass is 32.2. The number of nitrogens with one attached hydrogen (secondary N) is 1. The lowest BCUT2D eigenvalue weighted by Crippen LogP contribution is -2.33. The molecule has 0 spiro atoms. The van der Waals surface area contributed by atoms with Crippen LogP contribution in [0.15, 0.2) is 41.3 Å². The van der Waals surface area contributed by atoms with Crippen LogP contribution < -0.4 is 9.62 Å². The third-order valence-corrected chi connectivity index (χ3v) is 6.83. The van der Waals surface area contributed by atoms with Gasteiger partial charge < -0.3 is 10.0 Å². The molecular formula is C20H19F3N2O4S. The van der Waals surface area contributed by atoms with Crippen molar-refractivity contribution in [1.29, 1.82) is 0 Å². The van der Waals surface area contributed by atoms with Crippen LogP contribution in [0.1, 0.15) is 34.8 Å².